The first-order valence-corrected chi connectivity index (χ1v) is 8.51. The molecule has 0 saturated carbocycles. The van der Waals surface area contributed by atoms with Crippen LogP contribution in [-0.4, -0.2) is 36.7 Å². The Kier molecular flexibility index (Phi) is 4.51. The van der Waals surface area contributed by atoms with Gasteiger partial charge in [-0.3, -0.25) is 0 Å². The minimum atomic E-state index is 0.529. The zero-order chi connectivity index (χ0) is 14.5. The summed E-state index contributed by atoms with van der Waals surface area (Å²) in [6.45, 7) is 0. The third kappa shape index (κ3) is 3.42. The van der Waals surface area contributed by atoms with Crippen LogP contribution in [0.3, 0.4) is 0 Å². The molecule has 0 aliphatic rings. The van der Waals surface area contributed by atoms with E-state index in [1.807, 2.05) is 36.6 Å². The fourth-order valence-electron chi connectivity index (χ4n) is 1.67. The van der Waals surface area contributed by atoms with Crippen molar-refractivity contribution in [2.45, 2.75) is 16.7 Å². The van der Waals surface area contributed by atoms with Crippen LogP contribution in [0.15, 0.2) is 40.0 Å². The van der Waals surface area contributed by atoms with Crippen molar-refractivity contribution in [2.75, 3.05) is 6.26 Å². The topological polar surface area (TPSA) is 82.5 Å². The molecule has 0 spiro atoms. The summed E-state index contributed by atoms with van der Waals surface area (Å²) in [5.74, 6) is 2.64. The van der Waals surface area contributed by atoms with Crippen LogP contribution >= 0.6 is 23.5 Å². The van der Waals surface area contributed by atoms with E-state index in [2.05, 4.69) is 25.7 Å². The Bertz CT molecular complexity index is 699. The maximum atomic E-state index is 5.51. The van der Waals surface area contributed by atoms with Gasteiger partial charge in [-0.15, -0.1) is 15.3 Å². The standard InChI is InChI=1S/C12H12N6OS2/c1-20-8-11-14-15-12(19-11)21-7-10-13-16-17-18(10)9-5-3-2-4-6-9/h2-6H,7-8H2,1H3. The molecule has 0 fully saturated rings. The lowest BCUT2D eigenvalue weighted by Crippen LogP contribution is -2.01. The van der Waals surface area contributed by atoms with Crippen molar-refractivity contribution in [3.8, 4) is 5.69 Å². The Morgan fingerprint density at radius 1 is 1.10 bits per heavy atom. The second kappa shape index (κ2) is 6.72. The number of tetrazole rings is 1. The molecule has 1 aromatic carbocycles. The van der Waals surface area contributed by atoms with Crippen LogP contribution in [0.2, 0.25) is 0 Å². The highest BCUT2D eigenvalue weighted by molar-refractivity contribution is 7.98. The van der Waals surface area contributed by atoms with Gasteiger partial charge in [-0.05, 0) is 28.8 Å². The van der Waals surface area contributed by atoms with Crippen LogP contribution in [0.4, 0.5) is 0 Å². The zero-order valence-electron chi connectivity index (χ0n) is 11.2. The number of para-hydroxylation sites is 1. The number of hydrogen-bond acceptors (Lipinski definition) is 8. The lowest BCUT2D eigenvalue weighted by atomic mass is 10.3. The van der Waals surface area contributed by atoms with E-state index in [0.717, 1.165) is 17.3 Å². The van der Waals surface area contributed by atoms with Crippen LogP contribution in [0, 0.1) is 0 Å². The van der Waals surface area contributed by atoms with Crippen LogP contribution in [0.1, 0.15) is 11.7 Å². The molecule has 0 aliphatic heterocycles. The van der Waals surface area contributed by atoms with Gasteiger partial charge in [-0.25, -0.2) is 0 Å². The minimum Gasteiger partial charge on any atom is -0.415 e. The van der Waals surface area contributed by atoms with Gasteiger partial charge in [0, 0.05) is 0 Å². The summed E-state index contributed by atoms with van der Waals surface area (Å²) >= 11 is 3.06. The number of aromatic nitrogens is 6. The van der Waals surface area contributed by atoms with Gasteiger partial charge in [0.15, 0.2) is 5.82 Å². The summed E-state index contributed by atoms with van der Waals surface area (Å²) < 4.78 is 7.21. The highest BCUT2D eigenvalue weighted by Crippen LogP contribution is 2.22. The van der Waals surface area contributed by atoms with Gasteiger partial charge in [-0.1, -0.05) is 30.0 Å². The fraction of sp³-hybridized carbons (Fsp3) is 0.250. The predicted octanol–water partition coefficient (Wildman–Crippen LogP) is 2.20. The smallest absolute Gasteiger partial charge is 0.277 e. The van der Waals surface area contributed by atoms with Crippen molar-refractivity contribution in [3.05, 3.63) is 42.0 Å². The van der Waals surface area contributed by atoms with Crippen molar-refractivity contribution >= 4 is 23.5 Å². The molecule has 0 atom stereocenters. The van der Waals surface area contributed by atoms with Gasteiger partial charge in [0.25, 0.3) is 5.22 Å². The summed E-state index contributed by atoms with van der Waals surface area (Å²) in [5.41, 5.74) is 0.923. The number of benzene rings is 1. The van der Waals surface area contributed by atoms with E-state index < -0.39 is 0 Å². The molecule has 3 rings (SSSR count). The highest BCUT2D eigenvalue weighted by Gasteiger charge is 2.11. The van der Waals surface area contributed by atoms with E-state index in [4.69, 9.17) is 4.42 Å². The minimum absolute atomic E-state index is 0.529. The molecule has 2 aromatic heterocycles. The third-order valence-corrected chi connectivity index (χ3v) is 3.93. The second-order valence-corrected chi connectivity index (χ2v) is 5.82. The van der Waals surface area contributed by atoms with E-state index >= 15 is 0 Å². The first-order valence-electron chi connectivity index (χ1n) is 6.13. The fourth-order valence-corrected chi connectivity index (χ4v) is 2.72. The largest absolute Gasteiger partial charge is 0.415 e. The Morgan fingerprint density at radius 2 is 1.95 bits per heavy atom. The molecule has 0 aliphatic carbocycles. The van der Waals surface area contributed by atoms with Gasteiger partial charge in [-0.2, -0.15) is 16.4 Å². The van der Waals surface area contributed by atoms with Crippen LogP contribution in [-0.2, 0) is 11.5 Å². The second-order valence-electron chi connectivity index (χ2n) is 4.03. The van der Waals surface area contributed by atoms with Crippen molar-refractivity contribution in [3.63, 3.8) is 0 Å². The van der Waals surface area contributed by atoms with Crippen molar-refractivity contribution in [1.82, 2.24) is 30.4 Å². The molecule has 108 valence electrons. The monoisotopic (exact) mass is 320 g/mol. The first-order chi connectivity index (χ1) is 10.4. The molecule has 0 amide bonds. The van der Waals surface area contributed by atoms with Gasteiger partial charge >= 0.3 is 0 Å². The van der Waals surface area contributed by atoms with Gasteiger partial charge in [0.2, 0.25) is 5.89 Å². The summed E-state index contributed by atoms with van der Waals surface area (Å²) in [5, 5.41) is 20.3. The molecule has 0 bridgehead atoms. The Morgan fingerprint density at radius 3 is 2.76 bits per heavy atom. The number of thioether (sulfide) groups is 2. The molecule has 0 saturated heterocycles. The molecular weight excluding hydrogens is 308 g/mol. The van der Waals surface area contributed by atoms with Crippen molar-refractivity contribution < 1.29 is 4.42 Å². The van der Waals surface area contributed by atoms with E-state index in [0.29, 0.717) is 16.9 Å². The van der Waals surface area contributed by atoms with Crippen LogP contribution in [0.25, 0.3) is 5.69 Å². The average molecular weight is 320 g/mol. The van der Waals surface area contributed by atoms with E-state index in [1.165, 1.54) is 11.8 Å². The van der Waals surface area contributed by atoms with Crippen molar-refractivity contribution in [1.29, 1.82) is 0 Å². The summed E-state index contributed by atoms with van der Waals surface area (Å²) in [4.78, 5) is 0. The van der Waals surface area contributed by atoms with Crippen LogP contribution in [0.5, 0.6) is 0 Å². The summed E-state index contributed by atoms with van der Waals surface area (Å²) in [6.07, 6.45) is 1.99. The maximum absolute atomic E-state index is 5.51. The van der Waals surface area contributed by atoms with E-state index in [-0.39, 0.29) is 0 Å². The molecule has 21 heavy (non-hydrogen) atoms. The Balaban J connectivity index is 1.70. The maximum Gasteiger partial charge on any atom is 0.277 e. The number of rotatable bonds is 6. The molecule has 2 heterocycles. The van der Waals surface area contributed by atoms with Gasteiger partial charge in [0.1, 0.15) is 0 Å². The number of nitrogens with zero attached hydrogens (tertiary/aromatic N) is 6. The quantitative estimate of drug-likeness (QED) is 0.639. The van der Waals surface area contributed by atoms with E-state index in [9.17, 15) is 0 Å². The first kappa shape index (κ1) is 14.1. The van der Waals surface area contributed by atoms with Crippen molar-refractivity contribution in [2.24, 2.45) is 0 Å². The molecule has 3 aromatic rings. The SMILES string of the molecule is CSCc1nnc(SCc2nnnn2-c2ccccc2)o1. The summed E-state index contributed by atoms with van der Waals surface area (Å²) in [6, 6.07) is 9.75. The lowest BCUT2D eigenvalue weighted by molar-refractivity contribution is 0.426. The van der Waals surface area contributed by atoms with Crippen LogP contribution < -0.4 is 0 Å². The molecule has 0 radical (unpaired) electrons. The predicted molar refractivity (Wildman–Crippen MR) is 80.2 cm³/mol. The molecule has 0 N–H and O–H groups in total. The zero-order valence-corrected chi connectivity index (χ0v) is 12.8. The van der Waals surface area contributed by atoms with Gasteiger partial charge in [0.05, 0.1) is 17.2 Å². The molecule has 9 heteroatoms. The number of hydrogen-bond donors (Lipinski definition) is 0. The molecule has 0 unspecified atom stereocenters. The average Bonchev–Trinajstić information content (AvgIpc) is 3.15. The Hall–Kier alpha value is -1.87. The van der Waals surface area contributed by atoms with E-state index in [1.54, 1.807) is 16.4 Å². The van der Waals surface area contributed by atoms with Gasteiger partial charge < -0.3 is 4.42 Å². The third-order valence-electron chi connectivity index (χ3n) is 2.58. The molecule has 7 nitrogen and oxygen atoms in total. The highest BCUT2D eigenvalue weighted by atomic mass is 32.2. The molecular formula is C12H12N6OS2. The Labute approximate surface area is 129 Å². The summed E-state index contributed by atoms with van der Waals surface area (Å²) in [7, 11) is 0. The normalized spacial score (nSPS) is 10.9. The lowest BCUT2D eigenvalue weighted by Gasteiger charge is -2.02.